The van der Waals surface area contributed by atoms with Crippen molar-refractivity contribution in [1.29, 1.82) is 0 Å². The van der Waals surface area contributed by atoms with Gasteiger partial charge < -0.3 is 9.26 Å². The third-order valence-electron chi connectivity index (χ3n) is 4.77. The van der Waals surface area contributed by atoms with E-state index in [-0.39, 0.29) is 36.2 Å². The number of rotatable bonds is 6. The molecule has 2 heterocycles. The lowest BCUT2D eigenvalue weighted by Gasteiger charge is -2.29. The quantitative estimate of drug-likeness (QED) is 0.598. The molecule has 1 N–H and O–H groups in total. The smallest absolute Gasteiger partial charge is 0.265 e. The molecular weight excluding hydrogens is 444 g/mol. The van der Waals surface area contributed by atoms with Crippen LogP contribution in [0.15, 0.2) is 45.8 Å². The number of carbonyl (C=O) groups excluding carboxylic acids is 1. The normalized spacial score (nSPS) is 13.8. The number of aromatic nitrogens is 2. The van der Waals surface area contributed by atoms with Crippen LogP contribution >= 0.6 is 11.6 Å². The van der Waals surface area contributed by atoms with Crippen LogP contribution in [0, 0.1) is 13.8 Å². The number of hydrogen-bond donors (Lipinski definition) is 1. The Morgan fingerprint density at radius 3 is 2.71 bits per heavy atom. The maximum absolute atomic E-state index is 12.9. The molecule has 31 heavy (non-hydrogen) atoms. The molecule has 1 amide bonds. The van der Waals surface area contributed by atoms with Crippen molar-refractivity contribution in [2.75, 3.05) is 11.5 Å². The van der Waals surface area contributed by atoms with Crippen LogP contribution in [0.25, 0.3) is 0 Å². The number of halogens is 1. The first-order valence-corrected chi connectivity index (χ1v) is 11.2. The largest absolute Gasteiger partial charge is 0.482 e. The minimum absolute atomic E-state index is 0.0428. The van der Waals surface area contributed by atoms with Gasteiger partial charge in [0.1, 0.15) is 5.75 Å². The Morgan fingerprint density at radius 1 is 1.23 bits per heavy atom. The van der Waals surface area contributed by atoms with Crippen LogP contribution in [-0.2, 0) is 27.9 Å². The zero-order valence-electron chi connectivity index (χ0n) is 16.8. The molecule has 4 rings (SSSR count). The molecule has 1 aromatic heterocycles. The Bertz CT molecular complexity index is 1260. The highest BCUT2D eigenvalue weighted by atomic mass is 35.5. The van der Waals surface area contributed by atoms with Crippen molar-refractivity contribution in [1.82, 2.24) is 14.9 Å². The number of fused-ring (bicyclic) bond motifs is 1. The van der Waals surface area contributed by atoms with Gasteiger partial charge in [-0.05, 0) is 30.2 Å². The minimum Gasteiger partial charge on any atom is -0.482 e. The summed E-state index contributed by atoms with van der Waals surface area (Å²) in [6, 6.07) is 10.0. The molecule has 2 aromatic carbocycles. The summed E-state index contributed by atoms with van der Waals surface area (Å²) < 4.78 is 38.9. The van der Waals surface area contributed by atoms with Crippen LogP contribution in [0.2, 0.25) is 5.02 Å². The molecule has 0 radical (unpaired) electrons. The van der Waals surface area contributed by atoms with E-state index in [2.05, 4.69) is 14.9 Å². The first kappa shape index (κ1) is 21.3. The molecule has 3 aromatic rings. The van der Waals surface area contributed by atoms with Gasteiger partial charge in [-0.3, -0.25) is 9.69 Å². The van der Waals surface area contributed by atoms with E-state index in [1.54, 1.807) is 44.2 Å². The minimum atomic E-state index is -3.86. The Hall–Kier alpha value is -2.95. The molecule has 11 heteroatoms. The first-order valence-electron chi connectivity index (χ1n) is 9.34. The molecule has 1 aliphatic heterocycles. The molecule has 0 saturated heterocycles. The Labute approximate surface area is 184 Å². The van der Waals surface area contributed by atoms with Gasteiger partial charge in [0.25, 0.3) is 5.91 Å². The van der Waals surface area contributed by atoms with E-state index in [9.17, 15) is 13.2 Å². The van der Waals surface area contributed by atoms with Crippen LogP contribution in [0.3, 0.4) is 0 Å². The number of amides is 1. The summed E-state index contributed by atoms with van der Waals surface area (Å²) in [6.45, 7) is 3.21. The lowest BCUT2D eigenvalue weighted by Crippen LogP contribution is -2.38. The van der Waals surface area contributed by atoms with Crippen molar-refractivity contribution in [3.63, 3.8) is 0 Å². The van der Waals surface area contributed by atoms with Crippen LogP contribution in [0.1, 0.15) is 22.8 Å². The van der Waals surface area contributed by atoms with Crippen molar-refractivity contribution >= 4 is 33.2 Å². The van der Waals surface area contributed by atoms with Crippen molar-refractivity contribution in [3.05, 3.63) is 64.3 Å². The average Bonchev–Trinajstić information content (AvgIpc) is 3.14. The van der Waals surface area contributed by atoms with Gasteiger partial charge in [-0.25, -0.2) is 13.1 Å². The average molecular weight is 463 g/mol. The van der Waals surface area contributed by atoms with Crippen molar-refractivity contribution in [2.45, 2.75) is 31.8 Å². The van der Waals surface area contributed by atoms with Gasteiger partial charge in [-0.1, -0.05) is 35.0 Å². The van der Waals surface area contributed by atoms with Gasteiger partial charge in [0.2, 0.25) is 15.9 Å². The third-order valence-corrected chi connectivity index (χ3v) is 6.68. The maximum atomic E-state index is 12.9. The summed E-state index contributed by atoms with van der Waals surface area (Å²) in [6.07, 6.45) is 0. The molecule has 0 unspecified atom stereocenters. The molecule has 1 aliphatic rings. The SMILES string of the molecule is Cc1nc(CN2C(=O)COc3cc(S(=O)(=O)NCc4ccccc4Cl)c(C)cc32)no1. The van der Waals surface area contributed by atoms with Crippen molar-refractivity contribution in [2.24, 2.45) is 0 Å². The van der Waals surface area contributed by atoms with Gasteiger partial charge in [-0.15, -0.1) is 0 Å². The van der Waals surface area contributed by atoms with Crippen molar-refractivity contribution in [3.8, 4) is 5.75 Å². The Kier molecular flexibility index (Phi) is 5.69. The van der Waals surface area contributed by atoms with E-state index in [1.807, 2.05) is 0 Å². The summed E-state index contributed by atoms with van der Waals surface area (Å²) in [5.74, 6) is 0.720. The predicted octanol–water partition coefficient (Wildman–Crippen LogP) is 2.74. The summed E-state index contributed by atoms with van der Waals surface area (Å²) in [7, 11) is -3.86. The lowest BCUT2D eigenvalue weighted by atomic mass is 10.1. The van der Waals surface area contributed by atoms with Gasteiger partial charge in [0, 0.05) is 24.6 Å². The van der Waals surface area contributed by atoms with Crippen LogP contribution in [0.5, 0.6) is 5.75 Å². The number of ether oxygens (including phenoxy) is 1. The lowest BCUT2D eigenvalue weighted by molar-refractivity contribution is -0.121. The standard InChI is InChI=1S/C20H19ClN4O5S/c1-12-7-16-17(29-11-20(26)25(16)10-19-23-13(2)30-24-19)8-18(12)31(27,28)22-9-14-5-3-4-6-15(14)21/h3-8,22H,9-11H2,1-2H3. The van der Waals surface area contributed by atoms with E-state index >= 15 is 0 Å². The molecular formula is C20H19ClN4O5S. The van der Waals surface area contributed by atoms with Gasteiger partial charge in [0.05, 0.1) is 17.1 Å². The maximum Gasteiger partial charge on any atom is 0.265 e. The number of aryl methyl sites for hydroxylation is 2. The van der Waals surface area contributed by atoms with E-state index in [0.29, 0.717) is 33.6 Å². The monoisotopic (exact) mass is 462 g/mol. The highest BCUT2D eigenvalue weighted by Gasteiger charge is 2.30. The summed E-state index contributed by atoms with van der Waals surface area (Å²) in [5.41, 5.74) is 1.56. The van der Waals surface area contributed by atoms with E-state index in [1.165, 1.54) is 11.0 Å². The zero-order valence-corrected chi connectivity index (χ0v) is 18.3. The number of carbonyl (C=O) groups is 1. The second kappa shape index (κ2) is 8.29. The molecule has 0 fully saturated rings. The topological polar surface area (TPSA) is 115 Å². The molecule has 0 saturated carbocycles. The van der Waals surface area contributed by atoms with E-state index in [0.717, 1.165) is 0 Å². The number of nitrogens with one attached hydrogen (secondary N) is 1. The second-order valence-electron chi connectivity index (χ2n) is 7.00. The summed E-state index contributed by atoms with van der Waals surface area (Å²) in [5, 5.41) is 4.29. The summed E-state index contributed by atoms with van der Waals surface area (Å²) in [4.78, 5) is 18.1. The van der Waals surface area contributed by atoms with E-state index < -0.39 is 10.0 Å². The number of nitrogens with zero attached hydrogens (tertiary/aromatic N) is 3. The summed E-state index contributed by atoms with van der Waals surface area (Å²) >= 11 is 6.11. The molecule has 0 aliphatic carbocycles. The van der Waals surface area contributed by atoms with Crippen LogP contribution in [0.4, 0.5) is 5.69 Å². The predicted molar refractivity (Wildman–Crippen MR) is 112 cm³/mol. The molecule has 0 bridgehead atoms. The highest BCUT2D eigenvalue weighted by molar-refractivity contribution is 7.89. The number of anilines is 1. The molecule has 162 valence electrons. The Balaban J connectivity index is 1.62. The Morgan fingerprint density at radius 2 is 2.00 bits per heavy atom. The zero-order chi connectivity index (χ0) is 22.2. The number of hydrogen-bond acceptors (Lipinski definition) is 7. The van der Waals surface area contributed by atoms with Gasteiger partial charge in [-0.2, -0.15) is 4.98 Å². The van der Waals surface area contributed by atoms with Crippen LogP contribution in [-0.4, -0.2) is 31.1 Å². The fraction of sp³-hybridized carbons (Fsp3) is 0.250. The molecule has 0 spiro atoms. The first-order chi connectivity index (χ1) is 14.7. The fourth-order valence-electron chi connectivity index (χ4n) is 3.23. The van der Waals surface area contributed by atoms with E-state index in [4.69, 9.17) is 20.9 Å². The highest BCUT2D eigenvalue weighted by Crippen LogP contribution is 2.37. The second-order valence-corrected chi connectivity index (χ2v) is 9.14. The van der Waals surface area contributed by atoms with Gasteiger partial charge >= 0.3 is 0 Å². The molecule has 0 atom stereocenters. The third kappa shape index (κ3) is 4.41. The van der Waals surface area contributed by atoms with Gasteiger partial charge in [0.15, 0.2) is 12.4 Å². The fourth-order valence-corrected chi connectivity index (χ4v) is 4.68. The number of sulfonamides is 1. The number of benzene rings is 2. The van der Waals surface area contributed by atoms with Crippen LogP contribution < -0.4 is 14.4 Å². The van der Waals surface area contributed by atoms with Crippen molar-refractivity contribution < 1.29 is 22.5 Å². The molecule has 9 nitrogen and oxygen atoms in total.